The van der Waals surface area contributed by atoms with Gasteiger partial charge < -0.3 is 21.0 Å². The van der Waals surface area contributed by atoms with E-state index in [1.54, 1.807) is 12.1 Å². The largest absolute Gasteiger partial charge is 0.488 e. The normalized spacial score (nSPS) is 12.8. The zero-order valence-electron chi connectivity index (χ0n) is 13.8. The molecule has 4 N–H and O–H groups in total. The molecular weight excluding hydrogens is 330 g/mol. The molecule has 0 aliphatic heterocycles. The number of thiol groups is 1. The van der Waals surface area contributed by atoms with Crippen LogP contribution >= 0.6 is 24.4 Å². The van der Waals surface area contributed by atoms with Crippen molar-refractivity contribution in [3.8, 4) is 5.75 Å². The summed E-state index contributed by atoms with van der Waals surface area (Å²) in [5.74, 6) is 0.814. The van der Waals surface area contributed by atoms with E-state index in [2.05, 4.69) is 30.0 Å². The molecule has 7 heteroatoms. The Morgan fingerprint density at radius 2 is 2.22 bits per heavy atom. The Morgan fingerprint density at radius 3 is 2.78 bits per heavy atom. The maximum Gasteiger partial charge on any atom is 0.171 e. The predicted octanol–water partition coefficient (Wildman–Crippen LogP) is 3.43. The second-order valence-corrected chi connectivity index (χ2v) is 6.30. The third-order valence-electron chi connectivity index (χ3n) is 3.36. The van der Waals surface area contributed by atoms with Gasteiger partial charge in [-0.25, -0.2) is 0 Å². The first-order valence-corrected chi connectivity index (χ1v) is 9.12. The van der Waals surface area contributed by atoms with Gasteiger partial charge in [0.05, 0.1) is 0 Å². The van der Waals surface area contributed by atoms with Crippen LogP contribution in [0.4, 0.5) is 0 Å². The maximum absolute atomic E-state index is 8.81. The number of nitrogens with one attached hydrogen (secondary N) is 1. The number of nitrogens with zero attached hydrogens (tertiary/aromatic N) is 1. The van der Waals surface area contributed by atoms with Crippen LogP contribution in [0, 0.1) is 0 Å². The minimum atomic E-state index is 0.0905. The van der Waals surface area contributed by atoms with Gasteiger partial charge in [-0.3, -0.25) is 0 Å². The Labute approximate surface area is 147 Å². The number of allylic oxidation sites excluding steroid dienone is 1. The molecule has 0 unspecified atom stereocenters. The molecule has 1 aromatic rings. The smallest absolute Gasteiger partial charge is 0.171 e. The molecule has 0 atom stereocenters. The minimum Gasteiger partial charge on any atom is -0.488 e. The molecule has 5 nitrogen and oxygen atoms in total. The highest BCUT2D eigenvalue weighted by atomic mass is 32.2. The molecular formula is C16H25N3O2S2. The van der Waals surface area contributed by atoms with Crippen molar-refractivity contribution >= 4 is 30.2 Å². The van der Waals surface area contributed by atoms with Gasteiger partial charge in [-0.2, -0.15) is 0 Å². The molecule has 23 heavy (non-hydrogen) atoms. The molecule has 0 aliphatic rings. The number of amidine groups is 1. The quantitative estimate of drug-likeness (QED) is 0.136. The molecule has 0 amide bonds. The molecule has 0 bridgehead atoms. The summed E-state index contributed by atoms with van der Waals surface area (Å²) >= 11 is 6.05. The number of hydrogen-bond donors (Lipinski definition) is 4. The summed E-state index contributed by atoms with van der Waals surface area (Å²) in [7, 11) is 1.90. The Balaban J connectivity index is 2.83. The summed E-state index contributed by atoms with van der Waals surface area (Å²) in [6.07, 6.45) is 5.15. The fourth-order valence-corrected chi connectivity index (χ4v) is 2.95. The molecule has 128 valence electrons. The Morgan fingerprint density at radius 1 is 1.48 bits per heavy atom. The van der Waals surface area contributed by atoms with Crippen molar-refractivity contribution in [2.45, 2.75) is 31.1 Å². The fraction of sp³-hybridized carbons (Fsp3) is 0.438. The highest BCUT2D eigenvalue weighted by molar-refractivity contribution is 7.98. The lowest BCUT2D eigenvalue weighted by molar-refractivity contribution is 0.318. The van der Waals surface area contributed by atoms with Gasteiger partial charge in [0.15, 0.2) is 5.84 Å². The van der Waals surface area contributed by atoms with Crippen molar-refractivity contribution in [3.63, 3.8) is 0 Å². The van der Waals surface area contributed by atoms with Crippen molar-refractivity contribution in [1.29, 1.82) is 0 Å². The summed E-state index contributed by atoms with van der Waals surface area (Å²) in [5.41, 5.74) is 7.46. The number of nitrogens with two attached hydrogens (primary N) is 1. The minimum absolute atomic E-state index is 0.0905. The number of thioether (sulfide) groups is 1. The van der Waals surface area contributed by atoms with E-state index in [1.807, 2.05) is 19.4 Å². The summed E-state index contributed by atoms with van der Waals surface area (Å²) in [4.78, 5) is 1.79. The van der Waals surface area contributed by atoms with Crippen molar-refractivity contribution in [2.24, 2.45) is 10.9 Å². The number of ether oxygens (including phenoxy) is 1. The van der Waals surface area contributed by atoms with E-state index in [-0.39, 0.29) is 5.84 Å². The van der Waals surface area contributed by atoms with Crippen LogP contribution in [0.5, 0.6) is 5.75 Å². The SMILES string of the molecule is CCCC/C(NC)=C(/S)COc1ccc(C(N)=NO)c(SC)c1. The third kappa shape index (κ3) is 5.91. The van der Waals surface area contributed by atoms with Gasteiger partial charge in [-0.05, 0) is 37.3 Å². The first-order chi connectivity index (χ1) is 11.1. The van der Waals surface area contributed by atoms with Crippen LogP contribution < -0.4 is 15.8 Å². The zero-order valence-corrected chi connectivity index (χ0v) is 15.5. The lowest BCUT2D eigenvalue weighted by Crippen LogP contribution is -2.14. The lowest BCUT2D eigenvalue weighted by Gasteiger charge is -2.13. The van der Waals surface area contributed by atoms with Crippen LogP contribution in [0.2, 0.25) is 0 Å². The fourth-order valence-electron chi connectivity index (χ4n) is 2.03. The molecule has 0 aliphatic carbocycles. The standard InChI is InChI=1S/C16H25N3O2S2/c1-4-5-6-13(18-2)14(22)10-21-11-7-8-12(16(17)19-20)15(9-11)23-3/h7-9,18,20,22H,4-6,10H2,1-3H3,(H2,17,19)/b14-13-. The van der Waals surface area contributed by atoms with Gasteiger partial charge in [-0.1, -0.05) is 18.5 Å². The van der Waals surface area contributed by atoms with Crippen LogP contribution in [0.15, 0.2) is 38.9 Å². The van der Waals surface area contributed by atoms with E-state index < -0.39 is 0 Å². The molecule has 1 rings (SSSR count). The van der Waals surface area contributed by atoms with E-state index in [4.69, 9.17) is 15.7 Å². The molecule has 0 fully saturated rings. The van der Waals surface area contributed by atoms with Crippen LogP contribution in [0.1, 0.15) is 31.7 Å². The van der Waals surface area contributed by atoms with E-state index in [1.165, 1.54) is 11.8 Å². The van der Waals surface area contributed by atoms with Crippen LogP contribution in [-0.2, 0) is 0 Å². The number of oxime groups is 1. The summed E-state index contributed by atoms with van der Waals surface area (Å²) < 4.78 is 5.81. The molecule has 1 aromatic carbocycles. The van der Waals surface area contributed by atoms with Gasteiger partial charge in [-0.15, -0.1) is 24.4 Å². The first-order valence-electron chi connectivity index (χ1n) is 7.44. The van der Waals surface area contributed by atoms with Crippen molar-refractivity contribution in [1.82, 2.24) is 5.32 Å². The van der Waals surface area contributed by atoms with Crippen LogP contribution in [0.25, 0.3) is 0 Å². The number of hydrogen-bond acceptors (Lipinski definition) is 6. The summed E-state index contributed by atoms with van der Waals surface area (Å²) in [6.45, 7) is 2.56. The maximum atomic E-state index is 8.81. The monoisotopic (exact) mass is 355 g/mol. The van der Waals surface area contributed by atoms with Crippen LogP contribution in [-0.4, -0.2) is 31.0 Å². The molecule has 0 radical (unpaired) electrons. The Kier molecular flexibility index (Phi) is 8.79. The number of benzene rings is 1. The Hall–Kier alpha value is -1.47. The van der Waals surface area contributed by atoms with Gasteiger partial charge in [0.1, 0.15) is 12.4 Å². The average molecular weight is 356 g/mol. The second-order valence-electron chi connectivity index (χ2n) is 4.91. The summed E-state index contributed by atoms with van der Waals surface area (Å²) in [5, 5.41) is 15.0. The van der Waals surface area contributed by atoms with Gasteiger partial charge in [0.25, 0.3) is 0 Å². The average Bonchev–Trinajstić information content (AvgIpc) is 2.59. The molecule has 0 spiro atoms. The lowest BCUT2D eigenvalue weighted by atomic mass is 10.2. The Bertz CT molecular complexity index is 574. The zero-order chi connectivity index (χ0) is 17.2. The molecule has 0 saturated carbocycles. The van der Waals surface area contributed by atoms with E-state index in [0.717, 1.165) is 40.5 Å². The molecule has 0 heterocycles. The second kappa shape index (κ2) is 10.3. The first kappa shape index (κ1) is 19.6. The van der Waals surface area contributed by atoms with Crippen molar-refractivity contribution in [3.05, 3.63) is 34.4 Å². The van der Waals surface area contributed by atoms with E-state index in [9.17, 15) is 0 Å². The highest BCUT2D eigenvalue weighted by Crippen LogP contribution is 2.26. The van der Waals surface area contributed by atoms with Crippen LogP contribution in [0.3, 0.4) is 0 Å². The predicted molar refractivity (Wildman–Crippen MR) is 101 cm³/mol. The number of rotatable bonds is 9. The van der Waals surface area contributed by atoms with Gasteiger partial charge >= 0.3 is 0 Å². The molecule has 0 saturated heterocycles. The molecule has 0 aromatic heterocycles. The van der Waals surface area contributed by atoms with E-state index >= 15 is 0 Å². The van der Waals surface area contributed by atoms with Gasteiger partial charge in [0.2, 0.25) is 0 Å². The van der Waals surface area contributed by atoms with Crippen molar-refractivity contribution in [2.75, 3.05) is 19.9 Å². The highest BCUT2D eigenvalue weighted by Gasteiger charge is 2.09. The van der Waals surface area contributed by atoms with Gasteiger partial charge in [0, 0.05) is 28.1 Å². The van der Waals surface area contributed by atoms with Crippen molar-refractivity contribution < 1.29 is 9.94 Å². The topological polar surface area (TPSA) is 79.9 Å². The number of unbranched alkanes of at least 4 members (excludes halogenated alkanes) is 1. The van der Waals surface area contributed by atoms with E-state index in [0.29, 0.717) is 12.2 Å². The summed E-state index contributed by atoms with van der Waals surface area (Å²) in [6, 6.07) is 5.47. The third-order valence-corrected chi connectivity index (χ3v) is 4.54.